The highest BCUT2D eigenvalue weighted by molar-refractivity contribution is 7.98. The Bertz CT molecular complexity index is 1200. The van der Waals surface area contributed by atoms with E-state index >= 15 is 0 Å². The standard InChI is InChI=1S/C24H25ClN2O4S2/c1-17(31-21-14-12-20(13-15-21)27(2)33(3,29)30)24(28)26-22-6-4-5-7-23(22)32-16-18-8-10-19(25)11-9-18/h4-15,17H,16H2,1-3H3,(H,26,28)/t17-/m1/s1. The number of nitrogens with zero attached hydrogens (tertiary/aromatic N) is 1. The maximum Gasteiger partial charge on any atom is 0.265 e. The molecule has 174 valence electrons. The summed E-state index contributed by atoms with van der Waals surface area (Å²) in [4.78, 5) is 13.7. The maximum atomic E-state index is 12.7. The second-order valence-electron chi connectivity index (χ2n) is 7.39. The number of hydrogen-bond acceptors (Lipinski definition) is 5. The first-order chi connectivity index (χ1) is 15.6. The minimum absolute atomic E-state index is 0.285. The molecule has 0 aliphatic carbocycles. The number of rotatable bonds is 9. The number of carbonyl (C=O) groups is 1. The summed E-state index contributed by atoms with van der Waals surface area (Å²) in [5.41, 5.74) is 2.35. The average Bonchev–Trinajstić information content (AvgIpc) is 2.79. The van der Waals surface area contributed by atoms with Gasteiger partial charge in [-0.2, -0.15) is 0 Å². The number of benzene rings is 3. The van der Waals surface area contributed by atoms with Gasteiger partial charge in [0.2, 0.25) is 10.0 Å². The molecule has 0 heterocycles. The average molecular weight is 505 g/mol. The number of sulfonamides is 1. The highest BCUT2D eigenvalue weighted by atomic mass is 35.5. The van der Waals surface area contributed by atoms with Gasteiger partial charge < -0.3 is 10.1 Å². The lowest BCUT2D eigenvalue weighted by Gasteiger charge is -2.19. The third-order valence-corrected chi connectivity index (χ3v) is 7.43. The molecule has 0 bridgehead atoms. The summed E-state index contributed by atoms with van der Waals surface area (Å²) in [7, 11) is -1.87. The summed E-state index contributed by atoms with van der Waals surface area (Å²) in [5, 5.41) is 3.63. The van der Waals surface area contributed by atoms with Gasteiger partial charge in [0.1, 0.15) is 5.75 Å². The van der Waals surface area contributed by atoms with Crippen LogP contribution in [0.1, 0.15) is 12.5 Å². The number of amides is 1. The van der Waals surface area contributed by atoms with Crippen LogP contribution in [0.2, 0.25) is 5.02 Å². The van der Waals surface area contributed by atoms with Crippen molar-refractivity contribution < 1.29 is 17.9 Å². The summed E-state index contributed by atoms with van der Waals surface area (Å²) in [6.07, 6.45) is 0.382. The van der Waals surface area contributed by atoms with E-state index in [1.165, 1.54) is 11.4 Å². The van der Waals surface area contributed by atoms with E-state index in [9.17, 15) is 13.2 Å². The summed E-state index contributed by atoms with van der Waals surface area (Å²) in [5.74, 6) is 0.922. The fraction of sp³-hybridized carbons (Fsp3) is 0.208. The fourth-order valence-corrected chi connectivity index (χ4v) is 4.45. The molecule has 0 saturated heterocycles. The number of nitrogens with one attached hydrogen (secondary N) is 1. The number of thioether (sulfide) groups is 1. The molecular formula is C24H25ClN2O4S2. The van der Waals surface area contributed by atoms with Crippen LogP contribution in [0.5, 0.6) is 5.75 Å². The fourth-order valence-electron chi connectivity index (χ4n) is 2.86. The van der Waals surface area contributed by atoms with E-state index in [-0.39, 0.29) is 5.91 Å². The molecule has 1 atom stereocenters. The van der Waals surface area contributed by atoms with Crippen LogP contribution in [0.15, 0.2) is 77.7 Å². The first kappa shape index (κ1) is 25.0. The normalized spacial score (nSPS) is 12.1. The first-order valence-corrected chi connectivity index (χ1v) is 13.3. The monoisotopic (exact) mass is 504 g/mol. The van der Waals surface area contributed by atoms with Gasteiger partial charge in [-0.25, -0.2) is 8.42 Å². The van der Waals surface area contributed by atoms with Crippen LogP contribution in [0.25, 0.3) is 0 Å². The molecule has 0 spiro atoms. The molecule has 0 unspecified atom stereocenters. The van der Waals surface area contributed by atoms with Crippen molar-refractivity contribution in [3.8, 4) is 5.75 Å². The van der Waals surface area contributed by atoms with Crippen molar-refractivity contribution in [3.05, 3.63) is 83.4 Å². The van der Waals surface area contributed by atoms with Crippen LogP contribution in [0.3, 0.4) is 0 Å². The van der Waals surface area contributed by atoms with E-state index < -0.39 is 16.1 Å². The summed E-state index contributed by atoms with van der Waals surface area (Å²) >= 11 is 7.56. The van der Waals surface area contributed by atoms with Crippen LogP contribution in [-0.4, -0.2) is 33.7 Å². The molecule has 0 radical (unpaired) electrons. The zero-order valence-corrected chi connectivity index (χ0v) is 20.9. The van der Waals surface area contributed by atoms with Gasteiger partial charge in [0.15, 0.2) is 6.10 Å². The molecule has 33 heavy (non-hydrogen) atoms. The Kier molecular flexibility index (Phi) is 8.29. The Labute approximate surface area is 204 Å². The van der Waals surface area contributed by atoms with Gasteiger partial charge in [-0.1, -0.05) is 35.9 Å². The molecule has 3 aromatic carbocycles. The number of halogens is 1. The molecule has 3 aromatic rings. The second kappa shape index (κ2) is 11.0. The predicted octanol–water partition coefficient (Wildman–Crippen LogP) is 5.43. The van der Waals surface area contributed by atoms with Crippen LogP contribution in [-0.2, 0) is 20.6 Å². The Balaban J connectivity index is 1.61. The van der Waals surface area contributed by atoms with Gasteiger partial charge in [0.25, 0.3) is 5.91 Å². The lowest BCUT2D eigenvalue weighted by molar-refractivity contribution is -0.122. The van der Waals surface area contributed by atoms with E-state index in [1.54, 1.807) is 43.0 Å². The Morgan fingerprint density at radius 3 is 2.33 bits per heavy atom. The van der Waals surface area contributed by atoms with Gasteiger partial charge >= 0.3 is 0 Å². The van der Waals surface area contributed by atoms with Crippen molar-refractivity contribution >= 4 is 50.7 Å². The molecule has 1 amide bonds. The molecule has 3 rings (SSSR count). The van der Waals surface area contributed by atoms with E-state index in [4.69, 9.17) is 16.3 Å². The Hall–Kier alpha value is -2.68. The quantitative estimate of drug-likeness (QED) is 0.393. The van der Waals surface area contributed by atoms with Crippen molar-refractivity contribution in [1.29, 1.82) is 0 Å². The van der Waals surface area contributed by atoms with Crippen LogP contribution >= 0.6 is 23.4 Å². The van der Waals surface area contributed by atoms with Crippen molar-refractivity contribution in [2.24, 2.45) is 0 Å². The van der Waals surface area contributed by atoms with E-state index in [2.05, 4.69) is 5.32 Å². The molecular weight excluding hydrogens is 480 g/mol. The molecule has 0 saturated carbocycles. The Morgan fingerprint density at radius 2 is 1.70 bits per heavy atom. The van der Waals surface area contributed by atoms with Gasteiger partial charge in [-0.15, -0.1) is 11.8 Å². The molecule has 1 N–H and O–H groups in total. The predicted molar refractivity (Wildman–Crippen MR) is 136 cm³/mol. The van der Waals surface area contributed by atoms with Crippen molar-refractivity contribution in [2.75, 3.05) is 22.9 Å². The van der Waals surface area contributed by atoms with Crippen LogP contribution < -0.4 is 14.4 Å². The second-order valence-corrected chi connectivity index (χ2v) is 10.9. The van der Waals surface area contributed by atoms with Gasteiger partial charge in [-0.3, -0.25) is 9.10 Å². The van der Waals surface area contributed by atoms with Crippen LogP contribution in [0.4, 0.5) is 11.4 Å². The lowest BCUT2D eigenvalue weighted by atomic mass is 10.2. The zero-order chi connectivity index (χ0) is 24.0. The number of carbonyl (C=O) groups excluding carboxylic acids is 1. The van der Waals surface area contributed by atoms with Gasteiger partial charge in [0.05, 0.1) is 17.6 Å². The lowest BCUT2D eigenvalue weighted by Crippen LogP contribution is -2.30. The molecule has 0 fully saturated rings. The molecule has 0 aliphatic heterocycles. The molecule has 9 heteroatoms. The van der Waals surface area contributed by atoms with Crippen molar-refractivity contribution in [3.63, 3.8) is 0 Å². The zero-order valence-electron chi connectivity index (χ0n) is 18.5. The van der Waals surface area contributed by atoms with Crippen molar-refractivity contribution in [1.82, 2.24) is 0 Å². The number of para-hydroxylation sites is 1. The number of anilines is 2. The summed E-state index contributed by atoms with van der Waals surface area (Å²) in [6, 6.07) is 21.8. The maximum absolute atomic E-state index is 12.7. The van der Waals surface area contributed by atoms with E-state index in [0.717, 1.165) is 22.5 Å². The third kappa shape index (κ3) is 7.15. The van der Waals surface area contributed by atoms with Gasteiger partial charge in [0, 0.05) is 22.7 Å². The number of ether oxygens (including phenoxy) is 1. The highest BCUT2D eigenvalue weighted by Crippen LogP contribution is 2.30. The number of hydrogen-bond donors (Lipinski definition) is 1. The topological polar surface area (TPSA) is 75.7 Å². The minimum Gasteiger partial charge on any atom is -0.481 e. The SMILES string of the molecule is C[C@@H](Oc1ccc(N(C)S(C)(=O)=O)cc1)C(=O)Nc1ccccc1SCc1ccc(Cl)cc1. The Morgan fingerprint density at radius 1 is 1.06 bits per heavy atom. The highest BCUT2D eigenvalue weighted by Gasteiger charge is 2.17. The smallest absolute Gasteiger partial charge is 0.265 e. The van der Waals surface area contributed by atoms with Crippen LogP contribution in [0, 0.1) is 0 Å². The molecule has 0 aliphatic rings. The largest absolute Gasteiger partial charge is 0.481 e. The first-order valence-electron chi connectivity index (χ1n) is 10.1. The molecule has 6 nitrogen and oxygen atoms in total. The summed E-state index contributed by atoms with van der Waals surface area (Å²) in [6.45, 7) is 1.66. The van der Waals surface area contributed by atoms with E-state index in [1.807, 2.05) is 48.5 Å². The van der Waals surface area contributed by atoms with E-state index in [0.29, 0.717) is 22.1 Å². The minimum atomic E-state index is -3.35. The van der Waals surface area contributed by atoms with Crippen molar-refractivity contribution in [2.45, 2.75) is 23.7 Å². The summed E-state index contributed by atoms with van der Waals surface area (Å²) < 4.78 is 30.2. The third-order valence-electron chi connectivity index (χ3n) is 4.83. The van der Waals surface area contributed by atoms with Gasteiger partial charge in [-0.05, 0) is 61.0 Å². The molecule has 0 aromatic heterocycles.